The van der Waals surface area contributed by atoms with E-state index in [0.717, 1.165) is 12.2 Å². The molecule has 1 amide bonds. The first-order chi connectivity index (χ1) is 8.42. The number of nitrogens with zero attached hydrogens (tertiary/aromatic N) is 1. The summed E-state index contributed by atoms with van der Waals surface area (Å²) in [6, 6.07) is 8.27. The molecule has 0 bridgehead atoms. The summed E-state index contributed by atoms with van der Waals surface area (Å²) < 4.78 is 0. The summed E-state index contributed by atoms with van der Waals surface area (Å²) in [5.41, 5.74) is 7.06. The van der Waals surface area contributed by atoms with Gasteiger partial charge in [-0.25, -0.2) is 0 Å². The molecule has 0 fully saturated rings. The zero-order valence-electron chi connectivity index (χ0n) is 11.7. The van der Waals surface area contributed by atoms with Crippen LogP contribution in [0.2, 0.25) is 0 Å². The number of primary amides is 1. The Balaban J connectivity index is 2.91. The number of carbonyl (C=O) groups is 1. The standard InChI is InChI=1S/C14H23N3O/c1-5-17(10-14(3,16-4)13(15)18)12-8-6-11(2)7-9-12/h6-9,16H,5,10H2,1-4H3,(H2,15,18). The number of amides is 1. The number of hydrogen-bond donors (Lipinski definition) is 2. The Morgan fingerprint density at radius 1 is 1.39 bits per heavy atom. The molecule has 1 rings (SSSR count). The maximum absolute atomic E-state index is 11.5. The number of likely N-dealkylation sites (N-methyl/N-ethyl adjacent to an activating group) is 2. The highest BCUT2D eigenvalue weighted by Gasteiger charge is 2.31. The van der Waals surface area contributed by atoms with Gasteiger partial charge in [0.2, 0.25) is 5.91 Å². The molecule has 1 aromatic carbocycles. The molecule has 1 unspecified atom stereocenters. The molecule has 1 atom stereocenters. The highest BCUT2D eigenvalue weighted by atomic mass is 16.1. The number of benzene rings is 1. The van der Waals surface area contributed by atoms with E-state index in [4.69, 9.17) is 5.73 Å². The lowest BCUT2D eigenvalue weighted by molar-refractivity contribution is -0.123. The molecule has 0 aromatic heterocycles. The minimum atomic E-state index is -0.721. The topological polar surface area (TPSA) is 58.4 Å². The molecule has 4 heteroatoms. The molecule has 3 N–H and O–H groups in total. The van der Waals surface area contributed by atoms with Crippen molar-refractivity contribution in [3.05, 3.63) is 29.8 Å². The van der Waals surface area contributed by atoms with Crippen molar-refractivity contribution in [1.82, 2.24) is 5.32 Å². The second-order valence-corrected chi connectivity index (χ2v) is 4.80. The summed E-state index contributed by atoms with van der Waals surface area (Å²) >= 11 is 0. The molecule has 0 aliphatic carbocycles. The Morgan fingerprint density at radius 2 is 1.94 bits per heavy atom. The minimum Gasteiger partial charge on any atom is -0.369 e. The normalized spacial score (nSPS) is 14.0. The Morgan fingerprint density at radius 3 is 2.33 bits per heavy atom. The second-order valence-electron chi connectivity index (χ2n) is 4.80. The lowest BCUT2D eigenvalue weighted by Crippen LogP contribution is -2.58. The van der Waals surface area contributed by atoms with Gasteiger partial charge in [0.1, 0.15) is 5.54 Å². The van der Waals surface area contributed by atoms with Crippen LogP contribution in [-0.2, 0) is 4.79 Å². The Kier molecular flexibility index (Phi) is 4.73. The van der Waals surface area contributed by atoms with Gasteiger partial charge in [-0.1, -0.05) is 17.7 Å². The van der Waals surface area contributed by atoms with Gasteiger partial charge in [0.05, 0.1) is 0 Å². The highest BCUT2D eigenvalue weighted by molar-refractivity contribution is 5.85. The van der Waals surface area contributed by atoms with Crippen molar-refractivity contribution in [3.8, 4) is 0 Å². The Hall–Kier alpha value is -1.55. The summed E-state index contributed by atoms with van der Waals surface area (Å²) in [7, 11) is 1.76. The van der Waals surface area contributed by atoms with Gasteiger partial charge >= 0.3 is 0 Å². The zero-order valence-corrected chi connectivity index (χ0v) is 11.7. The quantitative estimate of drug-likeness (QED) is 0.798. The molecule has 0 spiro atoms. The van der Waals surface area contributed by atoms with Crippen molar-refractivity contribution in [2.75, 3.05) is 25.0 Å². The monoisotopic (exact) mass is 249 g/mol. The van der Waals surface area contributed by atoms with E-state index in [9.17, 15) is 4.79 Å². The summed E-state index contributed by atoms with van der Waals surface area (Å²) in [5.74, 6) is -0.337. The molecular formula is C14H23N3O. The van der Waals surface area contributed by atoms with Crippen LogP contribution >= 0.6 is 0 Å². The van der Waals surface area contributed by atoms with Crippen LogP contribution in [0.5, 0.6) is 0 Å². The fourth-order valence-electron chi connectivity index (χ4n) is 1.80. The van der Waals surface area contributed by atoms with E-state index in [2.05, 4.69) is 48.3 Å². The van der Waals surface area contributed by atoms with E-state index >= 15 is 0 Å². The van der Waals surface area contributed by atoms with Crippen LogP contribution < -0.4 is 16.0 Å². The van der Waals surface area contributed by atoms with Gasteiger partial charge in [-0.2, -0.15) is 0 Å². The summed E-state index contributed by atoms with van der Waals surface area (Å²) in [6.07, 6.45) is 0. The molecule has 100 valence electrons. The number of carbonyl (C=O) groups excluding carboxylic acids is 1. The first-order valence-electron chi connectivity index (χ1n) is 6.23. The van der Waals surface area contributed by atoms with Crippen LogP contribution in [-0.4, -0.2) is 31.6 Å². The second kappa shape index (κ2) is 5.87. The SMILES string of the molecule is CCN(CC(C)(NC)C(N)=O)c1ccc(C)cc1. The van der Waals surface area contributed by atoms with E-state index in [1.165, 1.54) is 5.56 Å². The van der Waals surface area contributed by atoms with Gasteiger partial charge in [-0.15, -0.1) is 0 Å². The van der Waals surface area contributed by atoms with Crippen LogP contribution in [0.15, 0.2) is 24.3 Å². The van der Waals surface area contributed by atoms with Gasteiger partial charge in [-0.05, 0) is 40.0 Å². The van der Waals surface area contributed by atoms with Gasteiger partial charge in [0.15, 0.2) is 0 Å². The fourth-order valence-corrected chi connectivity index (χ4v) is 1.80. The Bertz CT molecular complexity index is 402. The molecule has 18 heavy (non-hydrogen) atoms. The fraction of sp³-hybridized carbons (Fsp3) is 0.500. The van der Waals surface area contributed by atoms with Crippen molar-refractivity contribution in [3.63, 3.8) is 0 Å². The smallest absolute Gasteiger partial charge is 0.239 e. The molecular weight excluding hydrogens is 226 g/mol. The molecule has 1 aromatic rings. The molecule has 4 nitrogen and oxygen atoms in total. The van der Waals surface area contributed by atoms with Gasteiger partial charge in [0.25, 0.3) is 0 Å². The van der Waals surface area contributed by atoms with Crippen molar-refractivity contribution in [2.24, 2.45) is 5.73 Å². The van der Waals surface area contributed by atoms with Gasteiger partial charge in [0, 0.05) is 18.8 Å². The zero-order chi connectivity index (χ0) is 13.8. The summed E-state index contributed by atoms with van der Waals surface area (Å²) in [6.45, 7) is 7.33. The maximum Gasteiger partial charge on any atom is 0.239 e. The lowest BCUT2D eigenvalue weighted by atomic mass is 10.0. The predicted molar refractivity (Wildman–Crippen MR) is 75.7 cm³/mol. The highest BCUT2D eigenvalue weighted by Crippen LogP contribution is 2.17. The molecule has 0 saturated heterocycles. The van der Waals surface area contributed by atoms with E-state index in [1.54, 1.807) is 7.05 Å². The van der Waals surface area contributed by atoms with E-state index in [1.807, 2.05) is 6.92 Å². The van der Waals surface area contributed by atoms with Crippen molar-refractivity contribution < 1.29 is 4.79 Å². The summed E-state index contributed by atoms with van der Waals surface area (Å²) in [4.78, 5) is 13.7. The number of hydrogen-bond acceptors (Lipinski definition) is 3. The minimum absolute atomic E-state index is 0.337. The average Bonchev–Trinajstić information content (AvgIpc) is 2.36. The van der Waals surface area contributed by atoms with Crippen LogP contribution in [0, 0.1) is 6.92 Å². The predicted octanol–water partition coefficient (Wildman–Crippen LogP) is 1.28. The van der Waals surface area contributed by atoms with E-state index in [-0.39, 0.29) is 5.91 Å². The third-order valence-electron chi connectivity index (χ3n) is 3.38. The third kappa shape index (κ3) is 3.23. The number of rotatable bonds is 6. The van der Waals surface area contributed by atoms with Crippen molar-refractivity contribution in [1.29, 1.82) is 0 Å². The van der Waals surface area contributed by atoms with E-state index < -0.39 is 5.54 Å². The van der Waals surface area contributed by atoms with Crippen molar-refractivity contribution >= 4 is 11.6 Å². The number of nitrogens with two attached hydrogens (primary N) is 1. The molecule has 0 aliphatic rings. The molecule has 0 saturated carbocycles. The van der Waals surface area contributed by atoms with Crippen LogP contribution in [0.3, 0.4) is 0 Å². The van der Waals surface area contributed by atoms with E-state index in [0.29, 0.717) is 6.54 Å². The third-order valence-corrected chi connectivity index (χ3v) is 3.38. The van der Waals surface area contributed by atoms with Gasteiger partial charge < -0.3 is 16.0 Å². The number of aryl methyl sites for hydroxylation is 1. The first kappa shape index (κ1) is 14.5. The van der Waals surface area contributed by atoms with Gasteiger partial charge in [-0.3, -0.25) is 4.79 Å². The van der Waals surface area contributed by atoms with Crippen molar-refractivity contribution in [2.45, 2.75) is 26.3 Å². The van der Waals surface area contributed by atoms with Crippen LogP contribution in [0.1, 0.15) is 19.4 Å². The molecule has 0 aliphatic heterocycles. The number of nitrogens with one attached hydrogen (secondary N) is 1. The summed E-state index contributed by atoms with van der Waals surface area (Å²) in [5, 5.41) is 3.01. The first-order valence-corrected chi connectivity index (χ1v) is 6.23. The Labute approximate surface area is 109 Å². The number of anilines is 1. The van der Waals surface area contributed by atoms with Crippen LogP contribution in [0.25, 0.3) is 0 Å². The average molecular weight is 249 g/mol. The molecule has 0 radical (unpaired) electrons. The lowest BCUT2D eigenvalue weighted by Gasteiger charge is -2.33. The molecule has 0 heterocycles. The van der Waals surface area contributed by atoms with Crippen LogP contribution in [0.4, 0.5) is 5.69 Å². The largest absolute Gasteiger partial charge is 0.369 e. The maximum atomic E-state index is 11.5.